The van der Waals surface area contributed by atoms with Crippen molar-refractivity contribution < 1.29 is 4.79 Å². The van der Waals surface area contributed by atoms with Gasteiger partial charge in [-0.1, -0.05) is 84.0 Å². The molecule has 0 aliphatic rings. The number of hydrogen-bond acceptors (Lipinski definition) is 3. The van der Waals surface area contributed by atoms with E-state index in [1.807, 2.05) is 13.8 Å². The van der Waals surface area contributed by atoms with E-state index >= 15 is 0 Å². The van der Waals surface area contributed by atoms with Gasteiger partial charge in [-0.3, -0.25) is 9.36 Å². The van der Waals surface area contributed by atoms with E-state index in [1.54, 1.807) is 16.8 Å². The standard InChI is InChI=1S/C23H41N3O2/c1-4-5-6-7-8-9-10-11-12-13-14-15-16-17-22(27)24-21-18-19-26(20(2)3)23(28)25-21/h18-20H,4-17H2,1-3H3,(H,24,25,27,28). The summed E-state index contributed by atoms with van der Waals surface area (Å²) in [7, 11) is 0. The monoisotopic (exact) mass is 391 g/mol. The van der Waals surface area contributed by atoms with Gasteiger partial charge in [0.25, 0.3) is 0 Å². The Labute approximate surface area is 171 Å². The lowest BCUT2D eigenvalue weighted by molar-refractivity contribution is -0.116. The van der Waals surface area contributed by atoms with Gasteiger partial charge < -0.3 is 5.32 Å². The summed E-state index contributed by atoms with van der Waals surface area (Å²) in [5.41, 5.74) is -0.325. The predicted molar refractivity (Wildman–Crippen MR) is 118 cm³/mol. The lowest BCUT2D eigenvalue weighted by Gasteiger charge is -2.10. The second-order valence-corrected chi connectivity index (χ2v) is 8.14. The van der Waals surface area contributed by atoms with Crippen molar-refractivity contribution in [2.45, 2.75) is 117 Å². The van der Waals surface area contributed by atoms with Gasteiger partial charge in [0.15, 0.2) is 0 Å². The van der Waals surface area contributed by atoms with Crippen LogP contribution in [0, 0.1) is 0 Å². The number of aromatic nitrogens is 2. The SMILES string of the molecule is CCCCCCCCCCCCCCCC(=O)Nc1ccn(C(C)C)c(=O)n1. The normalized spacial score (nSPS) is 11.1. The lowest BCUT2D eigenvalue weighted by Crippen LogP contribution is -2.25. The molecule has 0 aliphatic heterocycles. The zero-order valence-corrected chi connectivity index (χ0v) is 18.3. The molecule has 5 nitrogen and oxygen atoms in total. The summed E-state index contributed by atoms with van der Waals surface area (Å²) in [6, 6.07) is 1.75. The Bertz CT molecular complexity index is 596. The van der Waals surface area contributed by atoms with E-state index < -0.39 is 0 Å². The smallest absolute Gasteiger partial charge is 0.310 e. The molecule has 1 N–H and O–H groups in total. The molecule has 1 heterocycles. The van der Waals surface area contributed by atoms with Gasteiger partial charge in [-0.15, -0.1) is 0 Å². The maximum absolute atomic E-state index is 12.0. The van der Waals surface area contributed by atoms with Crippen LogP contribution in [-0.2, 0) is 4.79 Å². The topological polar surface area (TPSA) is 64.0 Å². The van der Waals surface area contributed by atoms with Crippen LogP contribution in [0.4, 0.5) is 5.82 Å². The summed E-state index contributed by atoms with van der Waals surface area (Å²) in [6.07, 6.45) is 19.0. The van der Waals surface area contributed by atoms with Crippen LogP contribution in [0.15, 0.2) is 17.1 Å². The molecule has 0 aliphatic carbocycles. The summed E-state index contributed by atoms with van der Waals surface area (Å²) < 4.78 is 1.54. The van der Waals surface area contributed by atoms with Crippen LogP contribution >= 0.6 is 0 Å². The Kier molecular flexibility index (Phi) is 13.3. The minimum atomic E-state index is -0.325. The fourth-order valence-electron chi connectivity index (χ4n) is 3.38. The summed E-state index contributed by atoms with van der Waals surface area (Å²) in [5, 5.41) is 2.73. The highest BCUT2D eigenvalue weighted by molar-refractivity contribution is 5.89. The van der Waals surface area contributed by atoms with Crippen LogP contribution in [-0.4, -0.2) is 15.5 Å². The molecule has 1 aromatic rings. The fourth-order valence-corrected chi connectivity index (χ4v) is 3.38. The Balaban J connectivity index is 2.00. The minimum absolute atomic E-state index is 0.0581. The van der Waals surface area contributed by atoms with E-state index in [-0.39, 0.29) is 17.6 Å². The zero-order valence-electron chi connectivity index (χ0n) is 18.3. The van der Waals surface area contributed by atoms with E-state index in [9.17, 15) is 9.59 Å². The molecule has 1 aromatic heterocycles. The highest BCUT2D eigenvalue weighted by Gasteiger charge is 2.06. The van der Waals surface area contributed by atoms with Gasteiger partial charge in [0.05, 0.1) is 0 Å². The van der Waals surface area contributed by atoms with Crippen molar-refractivity contribution in [3.8, 4) is 0 Å². The Morgan fingerprint density at radius 2 is 1.43 bits per heavy atom. The molecule has 0 bridgehead atoms. The van der Waals surface area contributed by atoms with Crippen molar-refractivity contribution in [2.24, 2.45) is 0 Å². The first-order valence-electron chi connectivity index (χ1n) is 11.4. The second-order valence-electron chi connectivity index (χ2n) is 8.14. The zero-order chi connectivity index (χ0) is 20.6. The minimum Gasteiger partial charge on any atom is -0.310 e. The maximum Gasteiger partial charge on any atom is 0.349 e. The van der Waals surface area contributed by atoms with Gasteiger partial charge in [-0.2, -0.15) is 4.98 Å². The average Bonchev–Trinajstić information content (AvgIpc) is 2.65. The van der Waals surface area contributed by atoms with Crippen molar-refractivity contribution in [1.82, 2.24) is 9.55 Å². The number of unbranched alkanes of at least 4 members (excludes halogenated alkanes) is 12. The second kappa shape index (κ2) is 15.3. The van der Waals surface area contributed by atoms with E-state index in [4.69, 9.17) is 0 Å². The van der Waals surface area contributed by atoms with Gasteiger partial charge >= 0.3 is 5.69 Å². The Morgan fingerprint density at radius 1 is 0.929 bits per heavy atom. The molecule has 0 radical (unpaired) electrons. The van der Waals surface area contributed by atoms with Crippen molar-refractivity contribution in [3.05, 3.63) is 22.7 Å². The number of anilines is 1. The molecule has 0 atom stereocenters. The average molecular weight is 392 g/mol. The lowest BCUT2D eigenvalue weighted by atomic mass is 10.0. The fraction of sp³-hybridized carbons (Fsp3) is 0.783. The molecule has 28 heavy (non-hydrogen) atoms. The Morgan fingerprint density at radius 3 is 1.89 bits per heavy atom. The maximum atomic E-state index is 12.0. The quantitative estimate of drug-likeness (QED) is 0.339. The van der Waals surface area contributed by atoms with Crippen LogP contribution in [0.3, 0.4) is 0 Å². The van der Waals surface area contributed by atoms with Crippen molar-refractivity contribution >= 4 is 11.7 Å². The van der Waals surface area contributed by atoms with Crippen LogP contribution < -0.4 is 11.0 Å². The van der Waals surface area contributed by atoms with Crippen molar-refractivity contribution in [1.29, 1.82) is 0 Å². The number of carbonyl (C=O) groups is 1. The van der Waals surface area contributed by atoms with E-state index in [2.05, 4.69) is 17.2 Å². The van der Waals surface area contributed by atoms with Gasteiger partial charge in [0.1, 0.15) is 5.82 Å². The first-order chi connectivity index (χ1) is 13.5. The van der Waals surface area contributed by atoms with Gasteiger partial charge in [0.2, 0.25) is 5.91 Å². The van der Waals surface area contributed by atoms with Crippen LogP contribution in [0.5, 0.6) is 0 Å². The molecule has 0 fully saturated rings. The number of carbonyl (C=O) groups excluding carboxylic acids is 1. The summed E-state index contributed by atoms with van der Waals surface area (Å²) in [6.45, 7) is 6.11. The van der Waals surface area contributed by atoms with Crippen LogP contribution in [0.25, 0.3) is 0 Å². The molecule has 0 unspecified atom stereocenters. The number of rotatable bonds is 16. The van der Waals surface area contributed by atoms with E-state index in [0.717, 1.165) is 12.8 Å². The van der Waals surface area contributed by atoms with Crippen molar-refractivity contribution in [2.75, 3.05) is 5.32 Å². The van der Waals surface area contributed by atoms with E-state index in [1.165, 1.54) is 70.6 Å². The first-order valence-corrected chi connectivity index (χ1v) is 11.4. The Hall–Kier alpha value is -1.65. The van der Waals surface area contributed by atoms with E-state index in [0.29, 0.717) is 12.2 Å². The number of nitrogens with one attached hydrogen (secondary N) is 1. The predicted octanol–water partition coefficient (Wildman–Crippen LogP) is 6.24. The third kappa shape index (κ3) is 11.3. The highest BCUT2D eigenvalue weighted by Crippen LogP contribution is 2.13. The molecule has 0 aromatic carbocycles. The largest absolute Gasteiger partial charge is 0.349 e. The molecule has 5 heteroatoms. The third-order valence-electron chi connectivity index (χ3n) is 5.16. The summed E-state index contributed by atoms with van der Waals surface area (Å²) in [5.74, 6) is 0.291. The molecule has 1 amide bonds. The first kappa shape index (κ1) is 24.4. The molecule has 0 saturated carbocycles. The highest BCUT2D eigenvalue weighted by atomic mass is 16.2. The van der Waals surface area contributed by atoms with Gasteiger partial charge in [-0.25, -0.2) is 4.79 Å². The third-order valence-corrected chi connectivity index (χ3v) is 5.16. The number of nitrogens with zero attached hydrogens (tertiary/aromatic N) is 2. The van der Waals surface area contributed by atoms with Gasteiger partial charge in [-0.05, 0) is 26.3 Å². The molecule has 1 rings (SSSR count). The number of hydrogen-bond donors (Lipinski definition) is 1. The van der Waals surface area contributed by atoms with Gasteiger partial charge in [0, 0.05) is 18.7 Å². The molecule has 0 spiro atoms. The van der Waals surface area contributed by atoms with Crippen LogP contribution in [0.1, 0.15) is 117 Å². The molecule has 160 valence electrons. The summed E-state index contributed by atoms with van der Waals surface area (Å²) >= 11 is 0. The molecule has 0 saturated heterocycles. The van der Waals surface area contributed by atoms with Crippen molar-refractivity contribution in [3.63, 3.8) is 0 Å². The molecular weight excluding hydrogens is 350 g/mol. The number of amides is 1. The van der Waals surface area contributed by atoms with Crippen LogP contribution in [0.2, 0.25) is 0 Å². The summed E-state index contributed by atoms with van der Waals surface area (Å²) in [4.78, 5) is 27.8. The molecular formula is C23H41N3O2.